The highest BCUT2D eigenvalue weighted by Crippen LogP contribution is 2.26. The maximum atomic E-state index is 12.4. The number of benzene rings is 2. The summed E-state index contributed by atoms with van der Waals surface area (Å²) in [5.41, 5.74) is 1.35. The molecule has 0 N–H and O–H groups in total. The van der Waals surface area contributed by atoms with Crippen LogP contribution in [0, 0.1) is 5.92 Å². The van der Waals surface area contributed by atoms with Crippen LogP contribution in [0.3, 0.4) is 0 Å². The first kappa shape index (κ1) is 17.0. The van der Waals surface area contributed by atoms with E-state index in [9.17, 15) is 19.2 Å². The molecule has 2 aliphatic heterocycles. The van der Waals surface area contributed by atoms with Crippen molar-refractivity contribution >= 4 is 23.7 Å². The van der Waals surface area contributed by atoms with Crippen LogP contribution in [0.4, 0.5) is 0 Å². The van der Waals surface area contributed by atoms with E-state index in [0.29, 0.717) is 11.6 Å². The van der Waals surface area contributed by atoms with Gasteiger partial charge < -0.3 is 9.74 Å². The molecule has 7 heteroatoms. The minimum absolute atomic E-state index is 0.00512. The van der Waals surface area contributed by atoms with E-state index in [1.165, 1.54) is 12.1 Å². The molecule has 1 atom stereocenters. The molecule has 0 spiro atoms. The molecule has 27 heavy (non-hydrogen) atoms. The Labute approximate surface area is 155 Å². The maximum Gasteiger partial charge on any atom is 0.338 e. The Morgan fingerprint density at radius 3 is 2.15 bits per heavy atom. The number of carbonyl (C=O) groups is 4. The van der Waals surface area contributed by atoms with E-state index in [0.717, 1.165) is 5.56 Å². The number of carbonyl (C=O) groups excluding carboxylic acids is 4. The highest BCUT2D eigenvalue weighted by Gasteiger charge is 2.42. The SMILES string of the molecule is O=C(ON1C(=O)c2ccccc2C1=O)C1CC(=O)N(Cc2ccccc2)C1. The van der Waals surface area contributed by atoms with Crippen LogP contribution in [0.25, 0.3) is 0 Å². The Kier molecular flexibility index (Phi) is 4.19. The quantitative estimate of drug-likeness (QED) is 0.773. The van der Waals surface area contributed by atoms with Gasteiger partial charge in [-0.15, -0.1) is 0 Å². The number of imide groups is 1. The van der Waals surface area contributed by atoms with Crippen LogP contribution in [0.5, 0.6) is 0 Å². The van der Waals surface area contributed by atoms with Gasteiger partial charge in [-0.2, -0.15) is 0 Å². The van der Waals surface area contributed by atoms with Crippen LogP contribution in [0.1, 0.15) is 32.7 Å². The normalized spacial score (nSPS) is 18.8. The lowest BCUT2D eigenvalue weighted by molar-refractivity contribution is -0.173. The van der Waals surface area contributed by atoms with Gasteiger partial charge in [0.2, 0.25) is 5.91 Å². The molecule has 0 aromatic heterocycles. The zero-order valence-corrected chi connectivity index (χ0v) is 14.3. The fraction of sp³-hybridized carbons (Fsp3) is 0.200. The number of hydrogen-bond donors (Lipinski definition) is 0. The van der Waals surface area contributed by atoms with Crippen LogP contribution in [0.2, 0.25) is 0 Å². The Morgan fingerprint density at radius 1 is 0.926 bits per heavy atom. The van der Waals surface area contributed by atoms with E-state index >= 15 is 0 Å². The summed E-state index contributed by atoms with van der Waals surface area (Å²) in [6.07, 6.45) is -0.00512. The van der Waals surface area contributed by atoms with Crippen molar-refractivity contribution in [2.24, 2.45) is 5.92 Å². The number of hydroxylamine groups is 2. The van der Waals surface area contributed by atoms with E-state index in [1.807, 2.05) is 30.3 Å². The third-order valence-corrected chi connectivity index (χ3v) is 4.70. The van der Waals surface area contributed by atoms with Crippen LogP contribution in [0.15, 0.2) is 54.6 Å². The van der Waals surface area contributed by atoms with Gasteiger partial charge in [-0.25, -0.2) is 4.79 Å². The first-order chi connectivity index (χ1) is 13.0. The predicted molar refractivity (Wildman–Crippen MR) is 93.0 cm³/mol. The first-order valence-corrected chi connectivity index (χ1v) is 8.56. The summed E-state index contributed by atoms with van der Waals surface area (Å²) < 4.78 is 0. The summed E-state index contributed by atoms with van der Waals surface area (Å²) in [7, 11) is 0. The zero-order chi connectivity index (χ0) is 19.0. The van der Waals surface area contributed by atoms with E-state index in [1.54, 1.807) is 17.0 Å². The predicted octanol–water partition coefficient (Wildman–Crippen LogP) is 1.79. The second-order valence-electron chi connectivity index (χ2n) is 6.52. The molecule has 2 aromatic rings. The van der Waals surface area contributed by atoms with Crippen molar-refractivity contribution in [3.8, 4) is 0 Å². The van der Waals surface area contributed by atoms with Crippen molar-refractivity contribution in [2.75, 3.05) is 6.54 Å². The van der Waals surface area contributed by atoms with Crippen molar-refractivity contribution in [3.05, 3.63) is 71.3 Å². The Bertz CT molecular complexity index is 905. The zero-order valence-electron chi connectivity index (χ0n) is 14.3. The van der Waals surface area contributed by atoms with Gasteiger partial charge in [-0.05, 0) is 17.7 Å². The highest BCUT2D eigenvalue weighted by molar-refractivity contribution is 6.20. The second-order valence-corrected chi connectivity index (χ2v) is 6.52. The molecule has 1 unspecified atom stereocenters. The molecule has 2 heterocycles. The highest BCUT2D eigenvalue weighted by atomic mass is 16.7. The van der Waals surface area contributed by atoms with Crippen molar-refractivity contribution < 1.29 is 24.0 Å². The maximum absolute atomic E-state index is 12.4. The summed E-state index contributed by atoms with van der Waals surface area (Å²) in [4.78, 5) is 55.8. The van der Waals surface area contributed by atoms with E-state index < -0.39 is 23.7 Å². The summed E-state index contributed by atoms with van der Waals surface area (Å²) in [6, 6.07) is 15.7. The largest absolute Gasteiger partial charge is 0.338 e. The van der Waals surface area contributed by atoms with Gasteiger partial charge in [0.25, 0.3) is 11.8 Å². The molecule has 2 aromatic carbocycles. The standard InChI is InChI=1S/C20H16N2O5/c23-17-10-14(12-21(17)11-13-6-2-1-3-7-13)20(26)27-22-18(24)15-8-4-5-9-16(15)19(22)25/h1-9,14H,10-12H2. The molecular formula is C20H16N2O5. The molecule has 0 radical (unpaired) electrons. The number of amides is 3. The molecule has 7 nitrogen and oxygen atoms in total. The van der Waals surface area contributed by atoms with Gasteiger partial charge in [0, 0.05) is 19.5 Å². The average Bonchev–Trinajstić information content (AvgIpc) is 3.16. The summed E-state index contributed by atoms with van der Waals surface area (Å²) in [5.74, 6) is -2.98. The molecular weight excluding hydrogens is 348 g/mol. The smallest absolute Gasteiger partial charge is 0.337 e. The van der Waals surface area contributed by atoms with Crippen LogP contribution in [-0.4, -0.2) is 40.2 Å². The van der Waals surface area contributed by atoms with Crippen molar-refractivity contribution in [1.82, 2.24) is 9.96 Å². The second kappa shape index (κ2) is 6.68. The van der Waals surface area contributed by atoms with Gasteiger partial charge in [0.1, 0.15) is 0 Å². The van der Waals surface area contributed by atoms with Gasteiger partial charge in [-0.1, -0.05) is 47.5 Å². The van der Waals surface area contributed by atoms with Gasteiger partial charge in [0.05, 0.1) is 17.0 Å². The number of hydrogen-bond acceptors (Lipinski definition) is 5. The van der Waals surface area contributed by atoms with Gasteiger partial charge >= 0.3 is 5.97 Å². The lowest BCUT2D eigenvalue weighted by Crippen LogP contribution is -2.35. The van der Waals surface area contributed by atoms with Crippen LogP contribution >= 0.6 is 0 Å². The topological polar surface area (TPSA) is 84.0 Å². The number of rotatable bonds is 4. The fourth-order valence-corrected chi connectivity index (χ4v) is 3.30. The van der Waals surface area contributed by atoms with Crippen molar-refractivity contribution in [1.29, 1.82) is 0 Å². The van der Waals surface area contributed by atoms with Crippen LogP contribution < -0.4 is 0 Å². The van der Waals surface area contributed by atoms with Gasteiger partial charge in [-0.3, -0.25) is 14.4 Å². The minimum atomic E-state index is -0.756. The van der Waals surface area contributed by atoms with E-state index in [-0.39, 0.29) is 30.0 Å². The summed E-state index contributed by atoms with van der Waals surface area (Å²) in [5, 5.41) is 0.483. The molecule has 136 valence electrons. The number of fused-ring (bicyclic) bond motifs is 1. The van der Waals surface area contributed by atoms with Gasteiger partial charge in [0.15, 0.2) is 0 Å². The Hall–Kier alpha value is -3.48. The van der Waals surface area contributed by atoms with Crippen LogP contribution in [-0.2, 0) is 21.0 Å². The molecule has 4 rings (SSSR count). The van der Waals surface area contributed by atoms with E-state index in [2.05, 4.69) is 0 Å². The molecule has 1 fully saturated rings. The number of nitrogens with zero attached hydrogens (tertiary/aromatic N) is 2. The molecule has 0 bridgehead atoms. The third kappa shape index (κ3) is 3.08. The minimum Gasteiger partial charge on any atom is -0.337 e. The first-order valence-electron chi connectivity index (χ1n) is 8.56. The molecule has 1 saturated heterocycles. The summed E-state index contributed by atoms with van der Waals surface area (Å²) in [6.45, 7) is 0.589. The summed E-state index contributed by atoms with van der Waals surface area (Å²) >= 11 is 0. The molecule has 2 aliphatic rings. The lowest BCUT2D eigenvalue weighted by atomic mass is 10.1. The van der Waals surface area contributed by atoms with Crippen molar-refractivity contribution in [3.63, 3.8) is 0 Å². The Balaban J connectivity index is 1.42. The van der Waals surface area contributed by atoms with Crippen molar-refractivity contribution in [2.45, 2.75) is 13.0 Å². The average molecular weight is 364 g/mol. The fourth-order valence-electron chi connectivity index (χ4n) is 3.30. The number of likely N-dealkylation sites (tertiary alicyclic amines) is 1. The molecule has 3 amide bonds. The molecule has 0 aliphatic carbocycles. The molecule has 0 saturated carbocycles. The monoisotopic (exact) mass is 364 g/mol. The third-order valence-electron chi connectivity index (χ3n) is 4.70. The Morgan fingerprint density at radius 2 is 1.52 bits per heavy atom. The van der Waals surface area contributed by atoms with E-state index in [4.69, 9.17) is 4.84 Å². The lowest BCUT2D eigenvalue weighted by Gasteiger charge is -2.17.